The molecule has 1 aliphatic carbocycles. The molecule has 0 bridgehead atoms. The van der Waals surface area contributed by atoms with Gasteiger partial charge in [-0.25, -0.2) is 4.98 Å². The molecule has 26 heavy (non-hydrogen) atoms. The highest BCUT2D eigenvalue weighted by molar-refractivity contribution is 6.04. The predicted molar refractivity (Wildman–Crippen MR) is 104 cm³/mol. The van der Waals surface area contributed by atoms with E-state index in [1.54, 1.807) is 0 Å². The fourth-order valence-electron chi connectivity index (χ4n) is 4.24. The summed E-state index contributed by atoms with van der Waals surface area (Å²) in [6, 6.07) is 6.30. The number of carbonyl (C=O) groups is 1. The zero-order valence-electron chi connectivity index (χ0n) is 16.2. The number of H-pyrrole nitrogens is 1. The van der Waals surface area contributed by atoms with Crippen LogP contribution in [-0.2, 0) is 0 Å². The molecular weight excluding hydrogens is 324 g/mol. The largest absolute Gasteiger partial charge is 0.342 e. The molecule has 1 aromatic carbocycles. The maximum absolute atomic E-state index is 13.3. The Kier molecular flexibility index (Phi) is 4.74. The number of rotatable bonds is 4. The van der Waals surface area contributed by atoms with Gasteiger partial charge in [0.2, 0.25) is 0 Å². The topological polar surface area (TPSA) is 52.2 Å². The third-order valence-corrected chi connectivity index (χ3v) is 5.86. The van der Waals surface area contributed by atoms with Crippen LogP contribution in [-0.4, -0.2) is 57.9 Å². The van der Waals surface area contributed by atoms with E-state index in [0.717, 1.165) is 54.4 Å². The highest BCUT2D eigenvalue weighted by atomic mass is 16.2. The van der Waals surface area contributed by atoms with Gasteiger partial charge in [-0.05, 0) is 50.2 Å². The SMILES string of the molecule is Cc1nc2c(C(=O)N3CCCN(CC4CC4)[C@@H](C(C)C)C3)cccc2[nH]1. The Labute approximate surface area is 155 Å². The maximum Gasteiger partial charge on any atom is 0.256 e. The van der Waals surface area contributed by atoms with Crippen molar-refractivity contribution >= 4 is 16.9 Å². The Bertz CT molecular complexity index is 792. The summed E-state index contributed by atoms with van der Waals surface area (Å²) in [4.78, 5) is 25.8. The van der Waals surface area contributed by atoms with Crippen LogP contribution in [0.5, 0.6) is 0 Å². The van der Waals surface area contributed by atoms with Gasteiger partial charge in [-0.3, -0.25) is 9.69 Å². The van der Waals surface area contributed by atoms with E-state index >= 15 is 0 Å². The van der Waals surface area contributed by atoms with Crippen molar-refractivity contribution in [3.05, 3.63) is 29.6 Å². The number of fused-ring (bicyclic) bond motifs is 1. The standard InChI is InChI=1S/C21H30N4O/c1-14(2)19-13-25(11-5-10-24(19)12-16-8-9-16)21(26)17-6-4-7-18-20(17)23-15(3)22-18/h4,6-7,14,16,19H,5,8-13H2,1-3H3,(H,22,23)/t19-/m1/s1. The molecule has 1 N–H and O–H groups in total. The predicted octanol–water partition coefficient (Wildman–Crippen LogP) is 3.45. The lowest BCUT2D eigenvalue weighted by atomic mass is 10.0. The fourth-order valence-corrected chi connectivity index (χ4v) is 4.24. The first-order chi connectivity index (χ1) is 12.5. The number of benzene rings is 1. The summed E-state index contributed by atoms with van der Waals surface area (Å²) in [6.07, 6.45) is 3.81. The van der Waals surface area contributed by atoms with Crippen LogP contribution in [0.2, 0.25) is 0 Å². The minimum Gasteiger partial charge on any atom is -0.342 e. The van der Waals surface area contributed by atoms with Crippen molar-refractivity contribution in [2.75, 3.05) is 26.2 Å². The van der Waals surface area contributed by atoms with Crippen molar-refractivity contribution < 1.29 is 4.79 Å². The molecule has 1 saturated heterocycles. The van der Waals surface area contributed by atoms with Gasteiger partial charge in [0.25, 0.3) is 5.91 Å². The van der Waals surface area contributed by atoms with Gasteiger partial charge in [-0.15, -0.1) is 0 Å². The van der Waals surface area contributed by atoms with Gasteiger partial charge < -0.3 is 9.88 Å². The van der Waals surface area contributed by atoms with E-state index in [1.165, 1.54) is 19.4 Å². The second-order valence-electron chi connectivity index (χ2n) is 8.38. The van der Waals surface area contributed by atoms with Crippen molar-refractivity contribution in [2.24, 2.45) is 11.8 Å². The van der Waals surface area contributed by atoms with Crippen LogP contribution in [0.15, 0.2) is 18.2 Å². The summed E-state index contributed by atoms with van der Waals surface area (Å²) in [6.45, 7) is 10.5. The van der Waals surface area contributed by atoms with Gasteiger partial charge >= 0.3 is 0 Å². The lowest BCUT2D eigenvalue weighted by Crippen LogP contribution is -2.46. The van der Waals surface area contributed by atoms with Gasteiger partial charge in [0, 0.05) is 32.2 Å². The molecule has 2 aliphatic rings. The van der Waals surface area contributed by atoms with E-state index in [-0.39, 0.29) is 5.91 Å². The number of imidazole rings is 1. The number of para-hydroxylation sites is 1. The summed E-state index contributed by atoms with van der Waals surface area (Å²) < 4.78 is 0. The Balaban J connectivity index is 1.58. The van der Waals surface area contributed by atoms with Gasteiger partial charge in [0.15, 0.2) is 0 Å². The van der Waals surface area contributed by atoms with Crippen LogP contribution >= 0.6 is 0 Å². The van der Waals surface area contributed by atoms with Crippen LogP contribution < -0.4 is 0 Å². The third kappa shape index (κ3) is 3.50. The Morgan fingerprint density at radius 3 is 2.85 bits per heavy atom. The van der Waals surface area contributed by atoms with E-state index in [2.05, 4.69) is 33.6 Å². The molecule has 140 valence electrons. The van der Waals surface area contributed by atoms with Crippen molar-refractivity contribution in [3.63, 3.8) is 0 Å². The number of carbonyl (C=O) groups excluding carboxylic acids is 1. The molecule has 5 nitrogen and oxygen atoms in total. The number of hydrogen-bond donors (Lipinski definition) is 1. The van der Waals surface area contributed by atoms with Crippen molar-refractivity contribution in [3.8, 4) is 0 Å². The molecule has 2 aromatic rings. The number of nitrogens with zero attached hydrogens (tertiary/aromatic N) is 3. The first-order valence-electron chi connectivity index (χ1n) is 10.0. The van der Waals surface area contributed by atoms with Gasteiger partial charge in [-0.1, -0.05) is 19.9 Å². The van der Waals surface area contributed by atoms with Crippen LogP contribution in [0.3, 0.4) is 0 Å². The Morgan fingerprint density at radius 2 is 2.12 bits per heavy atom. The molecule has 0 spiro atoms. The van der Waals surface area contributed by atoms with E-state index in [9.17, 15) is 4.79 Å². The molecule has 5 heteroatoms. The third-order valence-electron chi connectivity index (χ3n) is 5.86. The number of aromatic nitrogens is 2. The summed E-state index contributed by atoms with van der Waals surface area (Å²) in [5.74, 6) is 2.41. The van der Waals surface area contributed by atoms with Crippen LogP contribution in [0, 0.1) is 18.8 Å². The molecule has 0 radical (unpaired) electrons. The fraction of sp³-hybridized carbons (Fsp3) is 0.619. The maximum atomic E-state index is 13.3. The molecule has 1 aromatic heterocycles. The number of nitrogens with one attached hydrogen (secondary N) is 1. The molecule has 2 fully saturated rings. The van der Waals surface area contributed by atoms with Crippen molar-refractivity contribution in [1.82, 2.24) is 19.8 Å². The molecule has 1 atom stereocenters. The Hall–Kier alpha value is -1.88. The lowest BCUT2D eigenvalue weighted by molar-refractivity contribution is 0.0706. The van der Waals surface area contributed by atoms with E-state index in [1.807, 2.05) is 25.1 Å². The quantitative estimate of drug-likeness (QED) is 0.915. The Morgan fingerprint density at radius 1 is 1.31 bits per heavy atom. The number of amides is 1. The summed E-state index contributed by atoms with van der Waals surface area (Å²) >= 11 is 0. The first-order valence-corrected chi connectivity index (χ1v) is 10.0. The van der Waals surface area contributed by atoms with E-state index < -0.39 is 0 Å². The van der Waals surface area contributed by atoms with Gasteiger partial charge in [0.05, 0.1) is 11.1 Å². The molecule has 2 heterocycles. The first kappa shape index (κ1) is 17.5. The number of aromatic amines is 1. The van der Waals surface area contributed by atoms with E-state index in [4.69, 9.17) is 0 Å². The second kappa shape index (κ2) is 7.03. The molecule has 0 unspecified atom stereocenters. The van der Waals surface area contributed by atoms with Crippen LogP contribution in [0.4, 0.5) is 0 Å². The lowest BCUT2D eigenvalue weighted by Gasteiger charge is -2.34. The average molecular weight is 354 g/mol. The average Bonchev–Trinajstić information content (AvgIpc) is 3.37. The highest BCUT2D eigenvalue weighted by Crippen LogP contribution is 2.32. The molecule has 1 aliphatic heterocycles. The minimum absolute atomic E-state index is 0.126. The number of aryl methyl sites for hydroxylation is 1. The van der Waals surface area contributed by atoms with Crippen molar-refractivity contribution in [1.29, 1.82) is 0 Å². The zero-order chi connectivity index (χ0) is 18.3. The molecule has 4 rings (SSSR count). The number of hydrogen-bond acceptors (Lipinski definition) is 3. The molecular formula is C21H30N4O. The smallest absolute Gasteiger partial charge is 0.256 e. The van der Waals surface area contributed by atoms with Gasteiger partial charge in [0.1, 0.15) is 11.3 Å². The summed E-state index contributed by atoms with van der Waals surface area (Å²) in [7, 11) is 0. The zero-order valence-corrected chi connectivity index (χ0v) is 16.2. The normalized spacial score (nSPS) is 22.2. The molecule has 1 amide bonds. The van der Waals surface area contributed by atoms with Crippen molar-refractivity contribution in [2.45, 2.75) is 46.1 Å². The molecule has 1 saturated carbocycles. The monoisotopic (exact) mass is 354 g/mol. The second-order valence-corrected chi connectivity index (χ2v) is 8.38. The summed E-state index contributed by atoms with van der Waals surface area (Å²) in [5, 5.41) is 0. The summed E-state index contributed by atoms with van der Waals surface area (Å²) in [5.41, 5.74) is 2.47. The van der Waals surface area contributed by atoms with Crippen LogP contribution in [0.25, 0.3) is 11.0 Å². The van der Waals surface area contributed by atoms with Gasteiger partial charge in [-0.2, -0.15) is 0 Å². The highest BCUT2D eigenvalue weighted by Gasteiger charge is 2.33. The van der Waals surface area contributed by atoms with Crippen LogP contribution in [0.1, 0.15) is 49.3 Å². The minimum atomic E-state index is 0.126. The van der Waals surface area contributed by atoms with E-state index in [0.29, 0.717) is 12.0 Å².